The Labute approximate surface area is 160 Å². The van der Waals surface area contributed by atoms with Crippen molar-refractivity contribution in [2.24, 2.45) is 5.92 Å². The first-order valence-corrected chi connectivity index (χ1v) is 9.71. The Kier molecular flexibility index (Phi) is 6.99. The minimum Gasteiger partial charge on any atom is -0.465 e. The first-order valence-electron chi connectivity index (χ1n) is 9.71. The first kappa shape index (κ1) is 20.9. The number of amides is 1. The highest BCUT2D eigenvalue weighted by Crippen LogP contribution is 2.41. The van der Waals surface area contributed by atoms with Crippen molar-refractivity contribution in [3.63, 3.8) is 0 Å². The van der Waals surface area contributed by atoms with Crippen molar-refractivity contribution in [1.82, 2.24) is 0 Å². The summed E-state index contributed by atoms with van der Waals surface area (Å²) in [5.74, 6) is -1.69. The molecule has 1 aromatic carbocycles. The van der Waals surface area contributed by atoms with Crippen LogP contribution in [-0.4, -0.2) is 28.6 Å². The van der Waals surface area contributed by atoms with Gasteiger partial charge in [0.05, 0.1) is 0 Å². The van der Waals surface area contributed by atoms with Gasteiger partial charge in [0.1, 0.15) is 11.5 Å². The number of carbonyl (C=O) groups excluding carboxylic acids is 2. The van der Waals surface area contributed by atoms with Crippen molar-refractivity contribution < 1.29 is 24.2 Å². The zero-order valence-corrected chi connectivity index (χ0v) is 16.3. The van der Waals surface area contributed by atoms with Crippen LogP contribution in [0, 0.1) is 5.92 Å². The molecule has 1 aliphatic rings. The number of nitrogens with one attached hydrogen (secondary N) is 1. The Hall–Kier alpha value is -2.37. The monoisotopic (exact) mass is 375 g/mol. The average molecular weight is 375 g/mol. The molecule has 2 rings (SSSR count). The number of benzene rings is 1. The molecule has 0 spiro atoms. The molecule has 1 heterocycles. The molecule has 6 heteroatoms. The van der Waals surface area contributed by atoms with E-state index in [1.807, 2.05) is 26.8 Å². The number of anilines is 1. The SMILES string of the molecule is CCCC1(CCC)CC(=O)C(C(CC)c2cccc(NC(=O)O)c2)C(=O)O1. The van der Waals surface area contributed by atoms with Crippen LogP contribution in [0.3, 0.4) is 0 Å². The number of hydrogen-bond acceptors (Lipinski definition) is 4. The fourth-order valence-corrected chi connectivity index (χ4v) is 4.21. The van der Waals surface area contributed by atoms with E-state index in [9.17, 15) is 14.4 Å². The van der Waals surface area contributed by atoms with Gasteiger partial charge in [0.2, 0.25) is 0 Å². The molecular weight excluding hydrogens is 346 g/mol. The summed E-state index contributed by atoms with van der Waals surface area (Å²) in [6.45, 7) is 5.97. The molecule has 1 aromatic rings. The number of carbonyl (C=O) groups is 3. The van der Waals surface area contributed by atoms with Crippen molar-refractivity contribution in [2.45, 2.75) is 70.8 Å². The summed E-state index contributed by atoms with van der Waals surface area (Å²) in [6.07, 6.45) is 2.78. The van der Waals surface area contributed by atoms with E-state index in [4.69, 9.17) is 9.84 Å². The zero-order chi connectivity index (χ0) is 20.0. The number of Topliss-reactive ketones (excluding diaryl/α,β-unsaturated/α-hetero) is 1. The summed E-state index contributed by atoms with van der Waals surface area (Å²) in [4.78, 5) is 36.7. The highest BCUT2D eigenvalue weighted by Gasteiger charge is 2.48. The predicted molar refractivity (Wildman–Crippen MR) is 103 cm³/mol. The fourth-order valence-electron chi connectivity index (χ4n) is 4.21. The number of esters is 1. The van der Waals surface area contributed by atoms with Crippen LogP contribution in [0.25, 0.3) is 0 Å². The third-order valence-electron chi connectivity index (χ3n) is 5.23. The maximum Gasteiger partial charge on any atom is 0.409 e. The Morgan fingerprint density at radius 3 is 2.44 bits per heavy atom. The van der Waals surface area contributed by atoms with Crippen LogP contribution in [0.1, 0.15) is 70.8 Å². The van der Waals surface area contributed by atoms with Crippen LogP contribution >= 0.6 is 0 Å². The zero-order valence-electron chi connectivity index (χ0n) is 16.3. The summed E-state index contributed by atoms with van der Waals surface area (Å²) in [5.41, 5.74) is 0.512. The van der Waals surface area contributed by atoms with Crippen molar-refractivity contribution in [3.8, 4) is 0 Å². The minimum absolute atomic E-state index is 0.0726. The van der Waals surface area contributed by atoms with Crippen molar-refractivity contribution in [1.29, 1.82) is 0 Å². The molecule has 148 valence electrons. The Bertz CT molecular complexity index is 674. The fraction of sp³-hybridized carbons (Fsp3) is 0.571. The van der Waals surface area contributed by atoms with Gasteiger partial charge in [-0.25, -0.2) is 4.79 Å². The second-order valence-electron chi connectivity index (χ2n) is 7.30. The third kappa shape index (κ3) is 4.87. The molecule has 2 unspecified atom stereocenters. The summed E-state index contributed by atoms with van der Waals surface area (Å²) in [6, 6.07) is 6.86. The topological polar surface area (TPSA) is 92.7 Å². The molecule has 2 N–H and O–H groups in total. The van der Waals surface area contributed by atoms with Gasteiger partial charge in [0.25, 0.3) is 0 Å². The van der Waals surface area contributed by atoms with Gasteiger partial charge >= 0.3 is 12.1 Å². The molecule has 1 saturated heterocycles. The van der Waals surface area contributed by atoms with Gasteiger partial charge in [-0.05, 0) is 37.0 Å². The molecule has 0 aliphatic carbocycles. The van der Waals surface area contributed by atoms with E-state index in [2.05, 4.69) is 5.32 Å². The quantitative estimate of drug-likeness (QED) is 0.506. The van der Waals surface area contributed by atoms with Gasteiger partial charge < -0.3 is 9.84 Å². The molecule has 0 radical (unpaired) electrons. The van der Waals surface area contributed by atoms with Gasteiger partial charge in [0.15, 0.2) is 5.78 Å². The molecule has 0 bridgehead atoms. The summed E-state index contributed by atoms with van der Waals surface area (Å²) >= 11 is 0. The van der Waals surface area contributed by atoms with Crippen LogP contribution in [0.4, 0.5) is 10.5 Å². The lowest BCUT2D eigenvalue weighted by Crippen LogP contribution is -2.49. The number of ketones is 1. The van der Waals surface area contributed by atoms with Crippen LogP contribution < -0.4 is 5.32 Å². The minimum atomic E-state index is -1.16. The first-order chi connectivity index (χ1) is 12.9. The molecule has 1 fully saturated rings. The van der Waals surface area contributed by atoms with E-state index in [1.54, 1.807) is 18.2 Å². The number of ether oxygens (including phenoxy) is 1. The second-order valence-corrected chi connectivity index (χ2v) is 7.30. The largest absolute Gasteiger partial charge is 0.465 e. The number of cyclic esters (lactones) is 1. The second kappa shape index (κ2) is 9.02. The lowest BCUT2D eigenvalue weighted by Gasteiger charge is -2.40. The molecule has 27 heavy (non-hydrogen) atoms. The standard InChI is InChI=1S/C21H29NO5/c1-4-10-21(11-5-2)13-17(23)18(19(24)27-21)16(6-3)14-8-7-9-15(12-14)22-20(25)26/h7-9,12,16,18,22H,4-6,10-11,13H2,1-3H3,(H,25,26). The summed E-state index contributed by atoms with van der Waals surface area (Å²) in [5, 5.41) is 11.2. The van der Waals surface area contributed by atoms with Crippen LogP contribution in [-0.2, 0) is 14.3 Å². The molecule has 0 aromatic heterocycles. The maximum atomic E-state index is 13.0. The van der Waals surface area contributed by atoms with Gasteiger partial charge in [0, 0.05) is 18.0 Å². The molecule has 0 saturated carbocycles. The Balaban J connectivity index is 2.29. The molecular formula is C21H29NO5. The van der Waals surface area contributed by atoms with Gasteiger partial charge in [-0.15, -0.1) is 0 Å². The van der Waals surface area contributed by atoms with Gasteiger partial charge in [-0.2, -0.15) is 0 Å². The molecule has 6 nitrogen and oxygen atoms in total. The van der Waals surface area contributed by atoms with Crippen molar-refractivity contribution in [3.05, 3.63) is 29.8 Å². The van der Waals surface area contributed by atoms with Crippen LogP contribution in [0.15, 0.2) is 24.3 Å². The van der Waals surface area contributed by atoms with Crippen molar-refractivity contribution >= 4 is 23.5 Å². The molecule has 1 aliphatic heterocycles. The van der Waals surface area contributed by atoms with E-state index in [-0.39, 0.29) is 18.1 Å². The Morgan fingerprint density at radius 2 is 1.93 bits per heavy atom. The van der Waals surface area contributed by atoms with E-state index in [0.29, 0.717) is 24.9 Å². The highest BCUT2D eigenvalue weighted by atomic mass is 16.6. The van der Waals surface area contributed by atoms with Crippen molar-refractivity contribution in [2.75, 3.05) is 5.32 Å². The summed E-state index contributed by atoms with van der Waals surface area (Å²) in [7, 11) is 0. The highest BCUT2D eigenvalue weighted by molar-refractivity contribution is 6.02. The van der Waals surface area contributed by atoms with Crippen LogP contribution in [0.5, 0.6) is 0 Å². The van der Waals surface area contributed by atoms with E-state index in [0.717, 1.165) is 18.4 Å². The lowest BCUT2D eigenvalue weighted by atomic mass is 9.74. The van der Waals surface area contributed by atoms with E-state index in [1.165, 1.54) is 0 Å². The number of rotatable bonds is 8. The van der Waals surface area contributed by atoms with Crippen LogP contribution in [0.2, 0.25) is 0 Å². The van der Waals surface area contributed by atoms with E-state index < -0.39 is 23.6 Å². The van der Waals surface area contributed by atoms with E-state index >= 15 is 0 Å². The average Bonchev–Trinajstić information content (AvgIpc) is 2.58. The lowest BCUT2D eigenvalue weighted by molar-refractivity contribution is -0.180. The number of hydrogen-bond donors (Lipinski definition) is 2. The third-order valence-corrected chi connectivity index (χ3v) is 5.23. The normalized spacial score (nSPS) is 20.0. The maximum absolute atomic E-state index is 13.0. The van der Waals surface area contributed by atoms with Gasteiger partial charge in [-0.3, -0.25) is 14.9 Å². The summed E-state index contributed by atoms with van der Waals surface area (Å²) < 4.78 is 5.87. The predicted octanol–water partition coefficient (Wildman–Crippen LogP) is 4.74. The smallest absolute Gasteiger partial charge is 0.409 e. The Morgan fingerprint density at radius 1 is 1.26 bits per heavy atom. The molecule has 1 amide bonds. The van der Waals surface area contributed by atoms with Gasteiger partial charge in [-0.1, -0.05) is 45.7 Å². The molecule has 2 atom stereocenters. The number of carboxylic acid groups (broad SMARTS) is 1.